The van der Waals surface area contributed by atoms with Gasteiger partial charge in [-0.15, -0.1) is 0 Å². The van der Waals surface area contributed by atoms with Crippen LogP contribution in [0.4, 0.5) is 5.82 Å². The van der Waals surface area contributed by atoms with E-state index in [4.69, 9.17) is 11.6 Å². The van der Waals surface area contributed by atoms with Crippen molar-refractivity contribution < 1.29 is 5.11 Å². The summed E-state index contributed by atoms with van der Waals surface area (Å²) in [4.78, 5) is 13.6. The number of β-amino-alcohol motifs (C(OH)–C–C–N with tert-alkyl or cyclic N) is 1. The zero-order valence-electron chi connectivity index (χ0n) is 10.9. The summed E-state index contributed by atoms with van der Waals surface area (Å²) in [7, 11) is 0. The van der Waals surface area contributed by atoms with Crippen molar-refractivity contribution in [1.29, 1.82) is 0 Å². The summed E-state index contributed by atoms with van der Waals surface area (Å²) in [5.41, 5.74) is 1.69. The fraction of sp³-hybridized carbons (Fsp3) is 0.429. The first-order chi connectivity index (χ1) is 9.69. The average Bonchev–Trinajstić information content (AvgIpc) is 2.35. The number of nitrogens with zero attached hydrogens (tertiary/aromatic N) is 4. The van der Waals surface area contributed by atoms with Crippen LogP contribution < -0.4 is 4.90 Å². The molecule has 20 heavy (non-hydrogen) atoms. The number of fused-ring (bicyclic) bond motifs is 1. The maximum Gasteiger partial charge on any atom is 0.147 e. The van der Waals surface area contributed by atoms with Gasteiger partial charge in [0.1, 0.15) is 5.82 Å². The monoisotopic (exact) mass is 290 g/mol. The topological polar surface area (TPSA) is 52.5 Å². The smallest absolute Gasteiger partial charge is 0.147 e. The molecule has 0 radical (unpaired) electrons. The number of halogens is 1. The van der Waals surface area contributed by atoms with Crippen molar-refractivity contribution in [2.75, 3.05) is 31.1 Å². The van der Waals surface area contributed by atoms with Gasteiger partial charge in [0.25, 0.3) is 0 Å². The molecule has 1 aromatic heterocycles. The highest BCUT2D eigenvalue weighted by molar-refractivity contribution is 6.31. The van der Waals surface area contributed by atoms with E-state index in [-0.39, 0.29) is 6.10 Å². The molecule has 0 amide bonds. The molecule has 0 atom stereocenters. The van der Waals surface area contributed by atoms with Gasteiger partial charge < -0.3 is 10.0 Å². The summed E-state index contributed by atoms with van der Waals surface area (Å²) >= 11 is 5.94. The van der Waals surface area contributed by atoms with Gasteiger partial charge in [-0.05, 0) is 18.2 Å². The molecule has 2 aromatic rings. The van der Waals surface area contributed by atoms with Gasteiger partial charge in [0.2, 0.25) is 0 Å². The van der Waals surface area contributed by atoms with Gasteiger partial charge in [-0.1, -0.05) is 11.6 Å². The number of aliphatic hydroxyl groups is 1. The lowest BCUT2D eigenvalue weighted by molar-refractivity contribution is -0.0312. The molecule has 0 aliphatic carbocycles. The van der Waals surface area contributed by atoms with Crippen molar-refractivity contribution in [3.05, 3.63) is 29.4 Å². The van der Waals surface area contributed by atoms with Gasteiger partial charge in [0.15, 0.2) is 0 Å². The summed E-state index contributed by atoms with van der Waals surface area (Å²) in [6.45, 7) is 3.53. The van der Waals surface area contributed by atoms with Gasteiger partial charge in [-0.3, -0.25) is 9.88 Å². The van der Waals surface area contributed by atoms with Gasteiger partial charge in [-0.2, -0.15) is 0 Å². The fourth-order valence-electron chi connectivity index (χ4n) is 2.79. The third kappa shape index (κ3) is 2.02. The number of hydrogen-bond acceptors (Lipinski definition) is 5. The van der Waals surface area contributed by atoms with Crippen LogP contribution in [0, 0.1) is 0 Å². The normalized spacial score (nSPS) is 21.0. The Hall–Kier alpha value is -1.43. The van der Waals surface area contributed by atoms with Crippen LogP contribution >= 0.6 is 11.6 Å². The molecule has 3 heterocycles. The molecular weight excluding hydrogens is 276 g/mol. The lowest BCUT2D eigenvalue weighted by Crippen LogP contribution is -2.67. The van der Waals surface area contributed by atoms with E-state index in [1.807, 2.05) is 18.2 Å². The second-order valence-electron chi connectivity index (χ2n) is 5.53. The molecule has 4 rings (SSSR count). The first-order valence-corrected chi connectivity index (χ1v) is 7.16. The molecule has 6 heteroatoms. The minimum absolute atomic E-state index is 0.130. The van der Waals surface area contributed by atoms with E-state index < -0.39 is 0 Å². The Kier molecular flexibility index (Phi) is 2.80. The SMILES string of the molecule is OC1CN(C2CN(c3cnc4cc(Cl)ccc4n3)C2)C1. The zero-order chi connectivity index (χ0) is 13.7. The fourth-order valence-corrected chi connectivity index (χ4v) is 2.95. The predicted molar refractivity (Wildman–Crippen MR) is 78.1 cm³/mol. The molecule has 2 saturated heterocycles. The van der Waals surface area contributed by atoms with E-state index >= 15 is 0 Å². The molecule has 5 nitrogen and oxygen atoms in total. The average molecular weight is 291 g/mol. The van der Waals surface area contributed by atoms with Crippen LogP contribution in [0.25, 0.3) is 11.0 Å². The minimum atomic E-state index is -0.130. The quantitative estimate of drug-likeness (QED) is 0.899. The third-order valence-electron chi connectivity index (χ3n) is 4.08. The number of hydrogen-bond donors (Lipinski definition) is 1. The Morgan fingerprint density at radius 3 is 2.70 bits per heavy atom. The lowest BCUT2D eigenvalue weighted by Gasteiger charge is -2.50. The Morgan fingerprint density at radius 2 is 1.95 bits per heavy atom. The van der Waals surface area contributed by atoms with E-state index in [2.05, 4.69) is 19.8 Å². The minimum Gasteiger partial charge on any atom is -0.390 e. The molecule has 0 unspecified atom stereocenters. The summed E-state index contributed by atoms with van der Waals surface area (Å²) in [6.07, 6.45) is 1.68. The van der Waals surface area contributed by atoms with E-state index in [0.29, 0.717) is 11.1 Å². The second kappa shape index (κ2) is 4.55. The Morgan fingerprint density at radius 1 is 1.15 bits per heavy atom. The maximum absolute atomic E-state index is 9.32. The van der Waals surface area contributed by atoms with Crippen LogP contribution in [0.3, 0.4) is 0 Å². The van der Waals surface area contributed by atoms with Gasteiger partial charge in [-0.25, -0.2) is 4.98 Å². The van der Waals surface area contributed by atoms with Gasteiger partial charge in [0, 0.05) is 37.2 Å². The molecule has 2 aliphatic rings. The highest BCUT2D eigenvalue weighted by Crippen LogP contribution is 2.26. The second-order valence-corrected chi connectivity index (χ2v) is 5.96. The van der Waals surface area contributed by atoms with Crippen LogP contribution in [0.15, 0.2) is 24.4 Å². The molecular formula is C14H15ClN4O. The number of anilines is 1. The van der Waals surface area contributed by atoms with E-state index in [0.717, 1.165) is 43.0 Å². The molecule has 2 fully saturated rings. The number of aliphatic hydroxyl groups excluding tert-OH is 1. The van der Waals surface area contributed by atoms with Crippen LogP contribution in [0.2, 0.25) is 5.02 Å². The summed E-state index contributed by atoms with van der Waals surface area (Å²) in [5, 5.41) is 10.0. The molecule has 2 aliphatic heterocycles. The van der Waals surface area contributed by atoms with Crippen molar-refractivity contribution >= 4 is 28.5 Å². The lowest BCUT2D eigenvalue weighted by atomic mass is 10.0. The van der Waals surface area contributed by atoms with E-state index in [9.17, 15) is 5.11 Å². The summed E-state index contributed by atoms with van der Waals surface area (Å²) in [5.74, 6) is 0.914. The first-order valence-electron chi connectivity index (χ1n) is 6.78. The molecule has 1 N–H and O–H groups in total. The van der Waals surface area contributed by atoms with E-state index in [1.165, 1.54) is 0 Å². The largest absolute Gasteiger partial charge is 0.390 e. The Balaban J connectivity index is 1.48. The number of aromatic nitrogens is 2. The summed E-state index contributed by atoms with van der Waals surface area (Å²) in [6, 6.07) is 6.11. The zero-order valence-corrected chi connectivity index (χ0v) is 11.7. The molecule has 0 saturated carbocycles. The van der Waals surface area contributed by atoms with E-state index in [1.54, 1.807) is 6.20 Å². The van der Waals surface area contributed by atoms with Gasteiger partial charge >= 0.3 is 0 Å². The number of benzene rings is 1. The van der Waals surface area contributed by atoms with Crippen LogP contribution in [0.5, 0.6) is 0 Å². The van der Waals surface area contributed by atoms with Crippen molar-refractivity contribution in [1.82, 2.24) is 14.9 Å². The highest BCUT2D eigenvalue weighted by Gasteiger charge is 2.38. The van der Waals surface area contributed by atoms with Crippen LogP contribution in [-0.2, 0) is 0 Å². The van der Waals surface area contributed by atoms with Gasteiger partial charge in [0.05, 0.1) is 23.3 Å². The van der Waals surface area contributed by atoms with Crippen molar-refractivity contribution in [2.45, 2.75) is 12.1 Å². The first kappa shape index (κ1) is 12.3. The molecule has 104 valence electrons. The van der Waals surface area contributed by atoms with Crippen LogP contribution in [-0.4, -0.2) is 58.3 Å². The van der Waals surface area contributed by atoms with Crippen LogP contribution in [0.1, 0.15) is 0 Å². The molecule has 0 spiro atoms. The predicted octanol–water partition coefficient (Wildman–Crippen LogP) is 1.15. The number of likely N-dealkylation sites (tertiary alicyclic amines) is 1. The Bertz CT molecular complexity index is 653. The van der Waals surface area contributed by atoms with Crippen molar-refractivity contribution in [2.24, 2.45) is 0 Å². The van der Waals surface area contributed by atoms with Crippen molar-refractivity contribution in [3.8, 4) is 0 Å². The number of rotatable bonds is 2. The molecule has 1 aromatic carbocycles. The maximum atomic E-state index is 9.32. The molecule has 0 bridgehead atoms. The highest BCUT2D eigenvalue weighted by atomic mass is 35.5. The van der Waals surface area contributed by atoms with Crippen molar-refractivity contribution in [3.63, 3.8) is 0 Å². The third-order valence-corrected chi connectivity index (χ3v) is 4.32. The Labute approximate surface area is 121 Å². The standard InChI is InChI=1S/C14H15ClN4O/c15-9-1-2-12-13(3-9)16-4-14(17-12)19-5-10(6-19)18-7-11(20)8-18/h1-4,10-11,20H,5-8H2. The summed E-state index contributed by atoms with van der Waals surface area (Å²) < 4.78 is 0.